The summed E-state index contributed by atoms with van der Waals surface area (Å²) in [5.74, 6) is 1.57. The topological polar surface area (TPSA) is 55.0 Å². The van der Waals surface area contributed by atoms with E-state index in [4.69, 9.17) is 4.74 Å². The number of hydrogen-bond acceptors (Lipinski definition) is 3. The largest absolute Gasteiger partial charge is 0.381 e. The van der Waals surface area contributed by atoms with E-state index in [1.54, 1.807) is 6.07 Å². The molecule has 16 heavy (non-hydrogen) atoms. The lowest BCUT2D eigenvalue weighted by Gasteiger charge is -2.09. The highest BCUT2D eigenvalue weighted by Crippen LogP contribution is 2.21. The third-order valence-electron chi connectivity index (χ3n) is 2.75. The molecule has 4 nitrogen and oxygen atoms in total. The number of nitrogens with zero attached hydrogens (tertiary/aromatic N) is 1. The molecule has 0 saturated carbocycles. The molecular formula is C12H18N2O2. The molecule has 1 N–H and O–H groups in total. The summed E-state index contributed by atoms with van der Waals surface area (Å²) in [6.45, 7) is 5.69. The quantitative estimate of drug-likeness (QED) is 0.842. The molecule has 1 aliphatic heterocycles. The molecule has 0 aromatic carbocycles. The maximum Gasteiger partial charge on any atom is 0.251 e. The van der Waals surface area contributed by atoms with Gasteiger partial charge in [-0.2, -0.15) is 0 Å². The fourth-order valence-corrected chi connectivity index (χ4v) is 1.99. The Morgan fingerprint density at radius 1 is 1.62 bits per heavy atom. The first-order valence-corrected chi connectivity index (χ1v) is 5.83. The standard InChI is InChI=1S/C12H18N2O2/c1-8(2)5-10-6-11(15)14-12(13-10)9-3-4-16-7-9/h6,8-9H,3-5,7H2,1-2H3,(H,13,14,15). The van der Waals surface area contributed by atoms with E-state index >= 15 is 0 Å². The molecule has 1 fully saturated rings. The predicted molar refractivity (Wildman–Crippen MR) is 61.6 cm³/mol. The van der Waals surface area contributed by atoms with Crippen molar-refractivity contribution >= 4 is 0 Å². The maximum absolute atomic E-state index is 11.5. The zero-order valence-corrected chi connectivity index (χ0v) is 9.82. The number of rotatable bonds is 3. The average molecular weight is 222 g/mol. The van der Waals surface area contributed by atoms with Crippen molar-refractivity contribution in [2.45, 2.75) is 32.6 Å². The number of aromatic nitrogens is 2. The van der Waals surface area contributed by atoms with Gasteiger partial charge in [0, 0.05) is 24.3 Å². The van der Waals surface area contributed by atoms with Crippen LogP contribution in [0.5, 0.6) is 0 Å². The number of aromatic amines is 1. The van der Waals surface area contributed by atoms with E-state index in [0.29, 0.717) is 12.5 Å². The molecule has 1 aromatic rings. The van der Waals surface area contributed by atoms with Crippen LogP contribution < -0.4 is 5.56 Å². The molecule has 88 valence electrons. The molecule has 2 heterocycles. The third kappa shape index (κ3) is 2.70. The third-order valence-corrected chi connectivity index (χ3v) is 2.75. The Kier molecular flexibility index (Phi) is 3.39. The van der Waals surface area contributed by atoms with Gasteiger partial charge in [0.25, 0.3) is 5.56 Å². The van der Waals surface area contributed by atoms with Crippen molar-refractivity contribution in [1.29, 1.82) is 0 Å². The number of hydrogen-bond donors (Lipinski definition) is 1. The van der Waals surface area contributed by atoms with Gasteiger partial charge in [-0.05, 0) is 18.8 Å². The fraction of sp³-hybridized carbons (Fsp3) is 0.667. The first kappa shape index (κ1) is 11.3. The highest BCUT2D eigenvalue weighted by Gasteiger charge is 2.20. The van der Waals surface area contributed by atoms with E-state index in [9.17, 15) is 4.79 Å². The number of H-pyrrole nitrogens is 1. The van der Waals surface area contributed by atoms with E-state index in [1.807, 2.05) is 0 Å². The average Bonchev–Trinajstić information content (AvgIpc) is 2.67. The normalized spacial score (nSPS) is 20.6. The number of ether oxygens (including phenoxy) is 1. The van der Waals surface area contributed by atoms with Gasteiger partial charge < -0.3 is 9.72 Å². The van der Waals surface area contributed by atoms with Crippen LogP contribution in [0.15, 0.2) is 10.9 Å². The van der Waals surface area contributed by atoms with E-state index < -0.39 is 0 Å². The minimum absolute atomic E-state index is 0.0486. The van der Waals surface area contributed by atoms with Crippen molar-refractivity contribution in [2.75, 3.05) is 13.2 Å². The van der Waals surface area contributed by atoms with Crippen molar-refractivity contribution in [3.63, 3.8) is 0 Å². The molecule has 1 unspecified atom stereocenters. The predicted octanol–water partition coefficient (Wildman–Crippen LogP) is 1.47. The summed E-state index contributed by atoms with van der Waals surface area (Å²) in [7, 11) is 0. The zero-order chi connectivity index (χ0) is 11.5. The van der Waals surface area contributed by atoms with E-state index in [-0.39, 0.29) is 11.5 Å². The Morgan fingerprint density at radius 2 is 2.44 bits per heavy atom. The van der Waals surface area contributed by atoms with Crippen LogP contribution in [0.2, 0.25) is 0 Å². The smallest absolute Gasteiger partial charge is 0.251 e. The molecule has 4 heteroatoms. The molecule has 1 atom stereocenters. The van der Waals surface area contributed by atoms with Crippen molar-refractivity contribution in [3.05, 3.63) is 27.9 Å². The van der Waals surface area contributed by atoms with Gasteiger partial charge in [-0.1, -0.05) is 13.8 Å². The molecule has 0 radical (unpaired) electrons. The highest BCUT2D eigenvalue weighted by molar-refractivity contribution is 5.07. The zero-order valence-electron chi connectivity index (χ0n) is 9.82. The molecule has 1 saturated heterocycles. The van der Waals surface area contributed by atoms with Crippen molar-refractivity contribution < 1.29 is 4.74 Å². The van der Waals surface area contributed by atoms with Crippen LogP contribution in [0.1, 0.15) is 37.7 Å². The first-order chi connectivity index (χ1) is 7.65. The second kappa shape index (κ2) is 4.78. The Labute approximate surface area is 95.1 Å². The van der Waals surface area contributed by atoms with Gasteiger partial charge in [0.1, 0.15) is 5.82 Å². The minimum Gasteiger partial charge on any atom is -0.381 e. The van der Waals surface area contributed by atoms with Gasteiger partial charge in [0.05, 0.1) is 6.61 Å². The van der Waals surface area contributed by atoms with Crippen molar-refractivity contribution in [1.82, 2.24) is 9.97 Å². The summed E-state index contributed by atoms with van der Waals surface area (Å²) in [4.78, 5) is 18.8. The summed E-state index contributed by atoms with van der Waals surface area (Å²) < 4.78 is 5.31. The van der Waals surface area contributed by atoms with Gasteiger partial charge in [-0.25, -0.2) is 4.98 Å². The van der Waals surface area contributed by atoms with Gasteiger partial charge >= 0.3 is 0 Å². The lowest BCUT2D eigenvalue weighted by atomic mass is 10.1. The molecule has 1 aliphatic rings. The lowest BCUT2D eigenvalue weighted by Crippen LogP contribution is -2.16. The second-order valence-electron chi connectivity index (χ2n) is 4.78. The second-order valence-corrected chi connectivity index (χ2v) is 4.78. The first-order valence-electron chi connectivity index (χ1n) is 5.83. The van der Waals surface area contributed by atoms with E-state index in [1.165, 1.54) is 0 Å². The van der Waals surface area contributed by atoms with Gasteiger partial charge in [0.15, 0.2) is 0 Å². The monoisotopic (exact) mass is 222 g/mol. The molecule has 0 spiro atoms. The fourth-order valence-electron chi connectivity index (χ4n) is 1.99. The van der Waals surface area contributed by atoms with E-state index in [0.717, 1.165) is 31.0 Å². The Bertz CT molecular complexity index is 406. The van der Waals surface area contributed by atoms with Crippen LogP contribution >= 0.6 is 0 Å². The van der Waals surface area contributed by atoms with Crippen LogP contribution in [0, 0.1) is 5.92 Å². The maximum atomic E-state index is 11.5. The van der Waals surface area contributed by atoms with Gasteiger partial charge in [0.2, 0.25) is 0 Å². The summed E-state index contributed by atoms with van der Waals surface area (Å²) >= 11 is 0. The molecular weight excluding hydrogens is 204 g/mol. The van der Waals surface area contributed by atoms with E-state index in [2.05, 4.69) is 23.8 Å². The summed E-state index contributed by atoms with van der Waals surface area (Å²) in [6, 6.07) is 1.60. The number of nitrogens with one attached hydrogen (secondary N) is 1. The van der Waals surface area contributed by atoms with Crippen LogP contribution in [0.3, 0.4) is 0 Å². The Morgan fingerprint density at radius 3 is 3.06 bits per heavy atom. The van der Waals surface area contributed by atoms with Crippen LogP contribution in [0.25, 0.3) is 0 Å². The molecule has 0 bridgehead atoms. The minimum atomic E-state index is -0.0486. The Hall–Kier alpha value is -1.16. The molecule has 0 amide bonds. The van der Waals surface area contributed by atoms with Crippen LogP contribution in [0.4, 0.5) is 0 Å². The highest BCUT2D eigenvalue weighted by atomic mass is 16.5. The molecule has 1 aromatic heterocycles. The molecule has 0 aliphatic carbocycles. The lowest BCUT2D eigenvalue weighted by molar-refractivity contribution is 0.193. The van der Waals surface area contributed by atoms with Crippen LogP contribution in [-0.2, 0) is 11.2 Å². The molecule has 2 rings (SSSR count). The van der Waals surface area contributed by atoms with Crippen molar-refractivity contribution in [2.24, 2.45) is 5.92 Å². The Balaban J connectivity index is 2.24. The van der Waals surface area contributed by atoms with Crippen molar-refractivity contribution in [3.8, 4) is 0 Å². The van der Waals surface area contributed by atoms with Gasteiger partial charge in [-0.15, -0.1) is 0 Å². The SMILES string of the molecule is CC(C)Cc1cc(=O)[nH]c(C2CCOC2)n1. The summed E-state index contributed by atoms with van der Waals surface area (Å²) in [5, 5.41) is 0. The summed E-state index contributed by atoms with van der Waals surface area (Å²) in [6.07, 6.45) is 1.80. The summed E-state index contributed by atoms with van der Waals surface area (Å²) in [5.41, 5.74) is 0.841. The van der Waals surface area contributed by atoms with Gasteiger partial charge in [-0.3, -0.25) is 4.79 Å². The van der Waals surface area contributed by atoms with Crippen LogP contribution in [-0.4, -0.2) is 23.2 Å².